The molecule has 24 heavy (non-hydrogen) atoms. The number of nitrogens with one attached hydrogen (secondary N) is 1. The number of amides is 1. The van der Waals surface area contributed by atoms with Crippen molar-refractivity contribution in [2.45, 2.75) is 0 Å². The van der Waals surface area contributed by atoms with Crippen LogP contribution in [0.1, 0.15) is 10.4 Å². The minimum atomic E-state index is -0.364. The summed E-state index contributed by atoms with van der Waals surface area (Å²) >= 11 is 0. The van der Waals surface area contributed by atoms with Crippen LogP contribution in [-0.4, -0.2) is 18.1 Å². The lowest BCUT2D eigenvalue weighted by Crippen LogP contribution is -2.13. The lowest BCUT2D eigenvalue weighted by atomic mass is 9.98. The first-order chi connectivity index (χ1) is 11.7. The molecule has 0 fully saturated rings. The molecule has 4 heteroatoms. The van der Waals surface area contributed by atoms with E-state index in [1.165, 1.54) is 6.07 Å². The molecule has 3 aromatic carbocycles. The fourth-order valence-corrected chi connectivity index (χ4v) is 2.50. The number of phenolic OH excluding ortho intramolecular Hbond substituents is 1. The third kappa shape index (κ3) is 3.22. The van der Waals surface area contributed by atoms with Crippen LogP contribution >= 0.6 is 0 Å². The summed E-state index contributed by atoms with van der Waals surface area (Å²) in [7, 11) is 1.59. The summed E-state index contributed by atoms with van der Waals surface area (Å²) in [5.74, 6) is 0.292. The van der Waals surface area contributed by atoms with Crippen molar-refractivity contribution in [3.63, 3.8) is 0 Å². The highest BCUT2D eigenvalue weighted by Crippen LogP contribution is 2.30. The first-order valence-corrected chi connectivity index (χ1v) is 7.52. The molecule has 0 aliphatic heterocycles. The molecule has 0 saturated heterocycles. The van der Waals surface area contributed by atoms with E-state index in [0.717, 1.165) is 5.56 Å². The van der Waals surface area contributed by atoms with Gasteiger partial charge in [-0.3, -0.25) is 4.79 Å². The maximum atomic E-state index is 12.7. The van der Waals surface area contributed by atoms with Gasteiger partial charge in [-0.05, 0) is 41.5 Å². The zero-order chi connectivity index (χ0) is 16.9. The summed E-state index contributed by atoms with van der Waals surface area (Å²) in [5.41, 5.74) is 2.43. The summed E-state index contributed by atoms with van der Waals surface area (Å²) in [5, 5.41) is 13.0. The van der Waals surface area contributed by atoms with Crippen LogP contribution in [0, 0.1) is 0 Å². The van der Waals surface area contributed by atoms with E-state index in [0.29, 0.717) is 17.0 Å². The van der Waals surface area contributed by atoms with E-state index in [9.17, 15) is 9.90 Å². The predicted molar refractivity (Wildman–Crippen MR) is 94.5 cm³/mol. The standard InChI is InChI=1S/C20H17NO3/c1-24-16-12-10-15(11-13-16)21-20(23)19-17(8-5-9-18(19)22)14-6-3-2-4-7-14/h2-13,22H,1H3,(H,21,23). The summed E-state index contributed by atoms with van der Waals surface area (Å²) in [6.45, 7) is 0. The lowest BCUT2D eigenvalue weighted by Gasteiger charge is -2.12. The van der Waals surface area contributed by atoms with E-state index in [4.69, 9.17) is 4.74 Å². The minimum absolute atomic E-state index is 0.0534. The van der Waals surface area contributed by atoms with Gasteiger partial charge in [0.25, 0.3) is 5.91 Å². The van der Waals surface area contributed by atoms with E-state index in [1.54, 1.807) is 37.4 Å². The molecule has 120 valence electrons. The van der Waals surface area contributed by atoms with Gasteiger partial charge in [0.1, 0.15) is 11.5 Å². The Bertz CT molecular complexity index is 843. The summed E-state index contributed by atoms with van der Waals surface area (Å²) in [4.78, 5) is 12.7. The molecule has 0 aliphatic carbocycles. The molecule has 2 N–H and O–H groups in total. The number of rotatable bonds is 4. The fraction of sp³-hybridized carbons (Fsp3) is 0.0500. The molecular weight excluding hydrogens is 302 g/mol. The van der Waals surface area contributed by atoms with Crippen molar-refractivity contribution >= 4 is 11.6 Å². The van der Waals surface area contributed by atoms with Crippen LogP contribution < -0.4 is 10.1 Å². The number of carbonyl (C=O) groups excluding carboxylic acids is 1. The Morgan fingerprint density at radius 2 is 1.62 bits per heavy atom. The lowest BCUT2D eigenvalue weighted by molar-refractivity contribution is 0.102. The van der Waals surface area contributed by atoms with Crippen molar-refractivity contribution in [3.05, 3.63) is 78.4 Å². The van der Waals surface area contributed by atoms with Crippen molar-refractivity contribution < 1.29 is 14.6 Å². The van der Waals surface area contributed by atoms with Crippen LogP contribution in [0.5, 0.6) is 11.5 Å². The first kappa shape index (κ1) is 15.6. The Hall–Kier alpha value is -3.27. The molecule has 3 aromatic rings. The molecule has 0 bridgehead atoms. The number of ether oxygens (including phenoxy) is 1. The van der Waals surface area contributed by atoms with E-state index >= 15 is 0 Å². The monoisotopic (exact) mass is 319 g/mol. The van der Waals surface area contributed by atoms with Gasteiger partial charge in [-0.15, -0.1) is 0 Å². The molecule has 0 radical (unpaired) electrons. The Labute approximate surface area is 140 Å². The Kier molecular flexibility index (Phi) is 4.47. The second-order valence-electron chi connectivity index (χ2n) is 5.25. The third-order valence-electron chi connectivity index (χ3n) is 3.70. The average Bonchev–Trinajstić information content (AvgIpc) is 2.62. The average molecular weight is 319 g/mol. The smallest absolute Gasteiger partial charge is 0.260 e. The normalized spacial score (nSPS) is 10.2. The Morgan fingerprint density at radius 1 is 0.917 bits per heavy atom. The molecule has 0 aliphatic rings. The van der Waals surface area contributed by atoms with Gasteiger partial charge in [-0.1, -0.05) is 42.5 Å². The third-order valence-corrected chi connectivity index (χ3v) is 3.70. The van der Waals surface area contributed by atoms with Crippen molar-refractivity contribution in [3.8, 4) is 22.6 Å². The van der Waals surface area contributed by atoms with Crippen molar-refractivity contribution in [1.82, 2.24) is 0 Å². The van der Waals surface area contributed by atoms with E-state index in [1.807, 2.05) is 36.4 Å². The maximum Gasteiger partial charge on any atom is 0.260 e. The van der Waals surface area contributed by atoms with E-state index in [2.05, 4.69) is 5.32 Å². The molecule has 0 atom stereocenters. The molecule has 0 heterocycles. The minimum Gasteiger partial charge on any atom is -0.507 e. The maximum absolute atomic E-state index is 12.7. The number of hydrogen-bond acceptors (Lipinski definition) is 3. The summed E-state index contributed by atoms with van der Waals surface area (Å²) in [6.07, 6.45) is 0. The van der Waals surface area contributed by atoms with Crippen LogP contribution in [0.4, 0.5) is 5.69 Å². The Balaban J connectivity index is 1.94. The zero-order valence-electron chi connectivity index (χ0n) is 13.2. The summed E-state index contributed by atoms with van der Waals surface area (Å²) < 4.78 is 5.10. The molecule has 3 rings (SSSR count). The second-order valence-corrected chi connectivity index (χ2v) is 5.25. The van der Waals surface area contributed by atoms with Gasteiger partial charge in [-0.2, -0.15) is 0 Å². The molecule has 0 aromatic heterocycles. The van der Waals surface area contributed by atoms with Crippen LogP contribution in [0.15, 0.2) is 72.8 Å². The number of aromatic hydroxyl groups is 1. The van der Waals surface area contributed by atoms with Gasteiger partial charge in [0.2, 0.25) is 0 Å². The molecule has 0 unspecified atom stereocenters. The second kappa shape index (κ2) is 6.87. The van der Waals surface area contributed by atoms with Gasteiger partial charge in [0.15, 0.2) is 0 Å². The van der Waals surface area contributed by atoms with E-state index in [-0.39, 0.29) is 17.2 Å². The zero-order valence-corrected chi connectivity index (χ0v) is 13.2. The molecule has 0 spiro atoms. The SMILES string of the molecule is COc1ccc(NC(=O)c2c(O)cccc2-c2ccccc2)cc1. The van der Waals surface area contributed by atoms with Crippen molar-refractivity contribution in [2.75, 3.05) is 12.4 Å². The number of phenols is 1. The highest BCUT2D eigenvalue weighted by atomic mass is 16.5. The molecule has 4 nitrogen and oxygen atoms in total. The van der Waals surface area contributed by atoms with Crippen LogP contribution in [0.2, 0.25) is 0 Å². The number of hydrogen-bond donors (Lipinski definition) is 2. The number of benzene rings is 3. The largest absolute Gasteiger partial charge is 0.507 e. The quantitative estimate of drug-likeness (QED) is 0.753. The highest BCUT2D eigenvalue weighted by molar-refractivity contribution is 6.10. The van der Waals surface area contributed by atoms with Gasteiger partial charge < -0.3 is 15.2 Å². The number of carbonyl (C=O) groups is 1. The first-order valence-electron chi connectivity index (χ1n) is 7.52. The van der Waals surface area contributed by atoms with Gasteiger partial charge in [0, 0.05) is 5.69 Å². The van der Waals surface area contributed by atoms with Crippen molar-refractivity contribution in [2.24, 2.45) is 0 Å². The highest BCUT2D eigenvalue weighted by Gasteiger charge is 2.17. The number of methoxy groups -OCH3 is 1. The fourth-order valence-electron chi connectivity index (χ4n) is 2.50. The van der Waals surface area contributed by atoms with E-state index < -0.39 is 0 Å². The van der Waals surface area contributed by atoms with Crippen molar-refractivity contribution in [1.29, 1.82) is 0 Å². The summed E-state index contributed by atoms with van der Waals surface area (Å²) in [6, 6.07) is 21.6. The van der Waals surface area contributed by atoms with Gasteiger partial charge >= 0.3 is 0 Å². The predicted octanol–water partition coefficient (Wildman–Crippen LogP) is 4.32. The van der Waals surface area contributed by atoms with Crippen LogP contribution in [0.3, 0.4) is 0 Å². The van der Waals surface area contributed by atoms with Gasteiger partial charge in [0.05, 0.1) is 12.7 Å². The van der Waals surface area contributed by atoms with Crippen LogP contribution in [-0.2, 0) is 0 Å². The molecular formula is C20H17NO3. The molecule has 1 amide bonds. The topological polar surface area (TPSA) is 58.6 Å². The van der Waals surface area contributed by atoms with Crippen LogP contribution in [0.25, 0.3) is 11.1 Å². The Morgan fingerprint density at radius 3 is 2.29 bits per heavy atom. The molecule has 0 saturated carbocycles. The van der Waals surface area contributed by atoms with Gasteiger partial charge in [-0.25, -0.2) is 0 Å². The number of anilines is 1.